The first-order chi connectivity index (χ1) is 8.29. The second kappa shape index (κ2) is 4.24. The summed E-state index contributed by atoms with van der Waals surface area (Å²) in [7, 11) is 0. The Morgan fingerprint density at radius 3 is 2.50 bits per heavy atom. The molecule has 1 aromatic heterocycles. The van der Waals surface area contributed by atoms with Crippen LogP contribution in [0.5, 0.6) is 0 Å². The maximum Gasteiger partial charge on any atom is 0.417 e. The van der Waals surface area contributed by atoms with Gasteiger partial charge < -0.3 is 0 Å². The predicted molar refractivity (Wildman–Crippen MR) is 61.8 cm³/mol. The van der Waals surface area contributed by atoms with Gasteiger partial charge in [-0.2, -0.15) is 13.2 Å². The Hall–Kier alpha value is -1.62. The first-order valence-corrected chi connectivity index (χ1v) is 5.34. The second-order valence-electron chi connectivity index (χ2n) is 3.80. The summed E-state index contributed by atoms with van der Waals surface area (Å²) < 4.78 is 37.9. The molecular formula is C12H7ClF3NO. The Labute approximate surface area is 105 Å². The Kier molecular flexibility index (Phi) is 3.02. The minimum absolute atomic E-state index is 0.150. The van der Waals surface area contributed by atoms with E-state index >= 15 is 0 Å². The van der Waals surface area contributed by atoms with Crippen LogP contribution in [0.15, 0.2) is 24.4 Å². The maximum absolute atomic E-state index is 12.6. The molecule has 0 fully saturated rings. The molecule has 0 saturated carbocycles. The summed E-state index contributed by atoms with van der Waals surface area (Å²) in [5, 5.41) is -0.00166. The van der Waals surface area contributed by atoms with E-state index in [0.717, 1.165) is 6.07 Å². The van der Waals surface area contributed by atoms with Crippen molar-refractivity contribution in [2.24, 2.45) is 0 Å². The lowest BCUT2D eigenvalue weighted by atomic mass is 10.1. The number of hydrogen-bond donors (Lipinski definition) is 0. The standard InChI is InChI=1S/C12H7ClF3NO/c1-6(18)8-2-7-3-10(13)9(12(14,15)16)4-11(7)17-5-8/h2-5H,1H3. The summed E-state index contributed by atoms with van der Waals surface area (Å²) in [4.78, 5) is 15.0. The van der Waals surface area contributed by atoms with Gasteiger partial charge in [0, 0.05) is 17.1 Å². The summed E-state index contributed by atoms with van der Waals surface area (Å²) in [6, 6.07) is 3.51. The third-order valence-electron chi connectivity index (χ3n) is 2.48. The second-order valence-corrected chi connectivity index (χ2v) is 4.21. The van der Waals surface area contributed by atoms with E-state index in [1.54, 1.807) is 0 Å². The molecule has 18 heavy (non-hydrogen) atoms. The molecule has 0 unspecified atom stereocenters. The largest absolute Gasteiger partial charge is 0.417 e. The van der Waals surface area contributed by atoms with E-state index in [1.807, 2.05) is 0 Å². The molecule has 0 aliphatic carbocycles. The van der Waals surface area contributed by atoms with Crippen LogP contribution in [0.4, 0.5) is 13.2 Å². The summed E-state index contributed by atoms with van der Waals surface area (Å²) in [6.45, 7) is 1.36. The molecule has 2 rings (SSSR count). The fraction of sp³-hybridized carbons (Fsp3) is 0.167. The van der Waals surface area contributed by atoms with Gasteiger partial charge in [-0.15, -0.1) is 0 Å². The third-order valence-corrected chi connectivity index (χ3v) is 2.79. The van der Waals surface area contributed by atoms with Gasteiger partial charge in [-0.1, -0.05) is 11.6 Å². The summed E-state index contributed by atoms with van der Waals surface area (Å²) >= 11 is 5.59. The van der Waals surface area contributed by atoms with Crippen molar-refractivity contribution >= 4 is 28.3 Å². The van der Waals surface area contributed by atoms with Crippen molar-refractivity contribution < 1.29 is 18.0 Å². The van der Waals surface area contributed by atoms with Gasteiger partial charge in [-0.3, -0.25) is 9.78 Å². The number of rotatable bonds is 1. The zero-order valence-corrected chi connectivity index (χ0v) is 9.93. The highest BCUT2D eigenvalue weighted by Crippen LogP contribution is 2.36. The molecule has 2 nitrogen and oxygen atoms in total. The topological polar surface area (TPSA) is 30.0 Å². The van der Waals surface area contributed by atoms with Crippen molar-refractivity contribution in [2.45, 2.75) is 13.1 Å². The first kappa shape index (κ1) is 12.8. The van der Waals surface area contributed by atoms with Crippen molar-refractivity contribution in [1.82, 2.24) is 4.98 Å². The Balaban J connectivity index is 2.68. The molecule has 0 radical (unpaired) electrons. The van der Waals surface area contributed by atoms with Crippen LogP contribution in [0.3, 0.4) is 0 Å². The molecule has 0 aliphatic heterocycles. The van der Waals surface area contributed by atoms with Gasteiger partial charge in [0.1, 0.15) is 0 Å². The van der Waals surface area contributed by atoms with E-state index in [1.165, 1.54) is 25.3 Å². The summed E-state index contributed by atoms with van der Waals surface area (Å²) in [5.74, 6) is -0.208. The normalized spacial score (nSPS) is 11.8. The number of carbonyl (C=O) groups excluding carboxylic acids is 1. The maximum atomic E-state index is 12.6. The molecule has 1 heterocycles. The molecule has 0 N–H and O–H groups in total. The van der Waals surface area contributed by atoms with Crippen LogP contribution in [0.25, 0.3) is 10.9 Å². The van der Waals surface area contributed by atoms with Crippen molar-refractivity contribution in [3.8, 4) is 0 Å². The molecular weight excluding hydrogens is 267 g/mol. The number of aromatic nitrogens is 1. The Bertz CT molecular complexity index is 637. The van der Waals surface area contributed by atoms with Crippen molar-refractivity contribution in [2.75, 3.05) is 0 Å². The number of nitrogens with zero attached hydrogens (tertiary/aromatic N) is 1. The molecule has 0 bridgehead atoms. The van der Waals surface area contributed by atoms with Gasteiger partial charge in [-0.25, -0.2) is 0 Å². The Morgan fingerprint density at radius 1 is 1.28 bits per heavy atom. The molecule has 0 amide bonds. The number of alkyl halides is 3. The number of carbonyl (C=O) groups is 1. The zero-order valence-electron chi connectivity index (χ0n) is 9.18. The molecule has 0 saturated heterocycles. The van der Waals surface area contributed by atoms with Crippen LogP contribution in [0, 0.1) is 0 Å². The minimum Gasteiger partial charge on any atom is -0.294 e. The van der Waals surface area contributed by atoms with E-state index in [-0.39, 0.29) is 11.3 Å². The van der Waals surface area contributed by atoms with Crippen LogP contribution in [0.2, 0.25) is 5.02 Å². The number of halogens is 4. The van der Waals surface area contributed by atoms with Gasteiger partial charge in [0.15, 0.2) is 5.78 Å². The third kappa shape index (κ3) is 2.31. The van der Waals surface area contributed by atoms with E-state index in [0.29, 0.717) is 10.9 Å². The first-order valence-electron chi connectivity index (χ1n) is 4.96. The fourth-order valence-corrected chi connectivity index (χ4v) is 1.84. The number of Topliss-reactive ketones (excluding diaryl/α,β-unsaturated/α-hetero) is 1. The van der Waals surface area contributed by atoms with Crippen LogP contribution >= 0.6 is 11.6 Å². The quantitative estimate of drug-likeness (QED) is 0.732. The molecule has 1 aromatic carbocycles. The monoisotopic (exact) mass is 273 g/mol. The average molecular weight is 274 g/mol. The molecule has 0 atom stereocenters. The summed E-state index contributed by atoms with van der Waals surface area (Å²) in [6.07, 6.45) is -3.27. The van der Waals surface area contributed by atoms with E-state index < -0.39 is 16.8 Å². The predicted octanol–water partition coefficient (Wildman–Crippen LogP) is 4.11. The van der Waals surface area contributed by atoms with Crippen molar-refractivity contribution in [3.63, 3.8) is 0 Å². The minimum atomic E-state index is -4.52. The zero-order chi connectivity index (χ0) is 13.5. The lowest BCUT2D eigenvalue weighted by molar-refractivity contribution is -0.137. The molecule has 0 spiro atoms. The fourth-order valence-electron chi connectivity index (χ4n) is 1.56. The van der Waals surface area contributed by atoms with Crippen LogP contribution in [-0.2, 0) is 6.18 Å². The van der Waals surface area contributed by atoms with E-state index in [2.05, 4.69) is 4.98 Å². The van der Waals surface area contributed by atoms with Gasteiger partial charge in [0.05, 0.1) is 16.1 Å². The highest BCUT2D eigenvalue weighted by molar-refractivity contribution is 6.32. The van der Waals surface area contributed by atoms with Crippen LogP contribution < -0.4 is 0 Å². The number of hydrogen-bond acceptors (Lipinski definition) is 2. The van der Waals surface area contributed by atoms with Crippen molar-refractivity contribution in [3.05, 3.63) is 40.5 Å². The lowest BCUT2D eigenvalue weighted by Crippen LogP contribution is -2.06. The van der Waals surface area contributed by atoms with Gasteiger partial charge >= 0.3 is 6.18 Å². The Morgan fingerprint density at radius 2 is 1.94 bits per heavy atom. The number of ketones is 1. The van der Waals surface area contributed by atoms with Crippen LogP contribution in [0.1, 0.15) is 22.8 Å². The number of fused-ring (bicyclic) bond motifs is 1. The number of benzene rings is 1. The smallest absolute Gasteiger partial charge is 0.294 e. The van der Waals surface area contributed by atoms with Crippen LogP contribution in [-0.4, -0.2) is 10.8 Å². The molecule has 94 valence electrons. The lowest BCUT2D eigenvalue weighted by Gasteiger charge is -2.10. The van der Waals surface area contributed by atoms with Gasteiger partial charge in [-0.05, 0) is 25.1 Å². The van der Waals surface area contributed by atoms with E-state index in [9.17, 15) is 18.0 Å². The molecule has 0 aliphatic rings. The average Bonchev–Trinajstić information content (AvgIpc) is 2.25. The molecule has 2 aromatic rings. The molecule has 6 heteroatoms. The highest BCUT2D eigenvalue weighted by atomic mass is 35.5. The summed E-state index contributed by atoms with van der Waals surface area (Å²) in [5.41, 5.74) is -0.449. The highest BCUT2D eigenvalue weighted by Gasteiger charge is 2.33. The van der Waals surface area contributed by atoms with Gasteiger partial charge in [0.25, 0.3) is 0 Å². The van der Waals surface area contributed by atoms with E-state index in [4.69, 9.17) is 11.6 Å². The number of pyridine rings is 1. The SMILES string of the molecule is CC(=O)c1cnc2cc(C(F)(F)F)c(Cl)cc2c1. The van der Waals surface area contributed by atoms with Gasteiger partial charge in [0.2, 0.25) is 0 Å². The van der Waals surface area contributed by atoms with Crippen molar-refractivity contribution in [1.29, 1.82) is 0 Å².